The van der Waals surface area contributed by atoms with E-state index < -0.39 is 0 Å². The van der Waals surface area contributed by atoms with Crippen LogP contribution >= 0.6 is 0 Å². The van der Waals surface area contributed by atoms with Gasteiger partial charge in [0.15, 0.2) is 0 Å². The summed E-state index contributed by atoms with van der Waals surface area (Å²) in [5.41, 5.74) is 0. The summed E-state index contributed by atoms with van der Waals surface area (Å²) in [4.78, 5) is 0. The Morgan fingerprint density at radius 3 is 2.55 bits per heavy atom. The molecule has 0 aromatic rings. The number of rotatable bonds is 2. The molecule has 2 saturated carbocycles. The van der Waals surface area contributed by atoms with Gasteiger partial charge in [-0.15, -0.1) is 6.58 Å². The van der Waals surface area contributed by atoms with Crippen LogP contribution in [0.3, 0.4) is 0 Å². The van der Waals surface area contributed by atoms with Crippen molar-refractivity contribution in [1.29, 1.82) is 0 Å². The van der Waals surface area contributed by atoms with Crippen LogP contribution in [0.5, 0.6) is 0 Å². The van der Waals surface area contributed by atoms with Crippen molar-refractivity contribution in [3.05, 3.63) is 12.7 Å². The highest BCUT2D eigenvalue weighted by molar-refractivity contribution is 5.00. The van der Waals surface area contributed by atoms with Gasteiger partial charge in [-0.25, -0.2) is 0 Å². The van der Waals surface area contributed by atoms with Gasteiger partial charge in [0.05, 0.1) is 0 Å². The van der Waals surface area contributed by atoms with Crippen molar-refractivity contribution in [3.8, 4) is 0 Å². The van der Waals surface area contributed by atoms with Crippen molar-refractivity contribution in [3.63, 3.8) is 0 Å². The molecule has 2 aliphatic rings. The molecule has 0 radical (unpaired) electrons. The number of hydrogen-bond donors (Lipinski definition) is 0. The Morgan fingerprint density at radius 2 is 2.09 bits per heavy atom. The van der Waals surface area contributed by atoms with Crippen molar-refractivity contribution in [2.45, 2.75) is 32.6 Å². The molecular weight excluding hydrogens is 132 g/mol. The Morgan fingerprint density at radius 1 is 1.27 bits per heavy atom. The van der Waals surface area contributed by atoms with Gasteiger partial charge >= 0.3 is 0 Å². The summed E-state index contributed by atoms with van der Waals surface area (Å²) in [7, 11) is 0. The largest absolute Gasteiger partial charge is 0.103 e. The lowest BCUT2D eigenvalue weighted by Crippen LogP contribution is -2.15. The predicted molar refractivity (Wildman–Crippen MR) is 48.3 cm³/mol. The molecule has 0 aromatic heterocycles. The zero-order valence-electron chi connectivity index (χ0n) is 7.42. The lowest BCUT2D eigenvalue weighted by molar-refractivity contribution is 0.284. The number of hydrogen-bond acceptors (Lipinski definition) is 0. The lowest BCUT2D eigenvalue weighted by Gasteiger charge is -2.24. The summed E-state index contributed by atoms with van der Waals surface area (Å²) in [6.07, 6.45) is 8.06. The normalized spacial score (nSPS) is 48.1. The van der Waals surface area contributed by atoms with Gasteiger partial charge in [-0.2, -0.15) is 0 Å². The Kier molecular flexibility index (Phi) is 1.78. The van der Waals surface area contributed by atoms with Crippen LogP contribution in [0.4, 0.5) is 0 Å². The summed E-state index contributed by atoms with van der Waals surface area (Å²) in [5.74, 6) is 4.02. The van der Waals surface area contributed by atoms with E-state index in [0.29, 0.717) is 0 Å². The zero-order chi connectivity index (χ0) is 7.84. The average molecular weight is 150 g/mol. The minimum atomic E-state index is 0.878. The van der Waals surface area contributed by atoms with E-state index in [1.54, 1.807) is 0 Å². The Balaban J connectivity index is 2.02. The molecule has 2 rings (SSSR count). The molecular formula is C11H18. The van der Waals surface area contributed by atoms with Crippen molar-refractivity contribution < 1.29 is 0 Å². The average Bonchev–Trinajstić information content (AvgIpc) is 2.60. The van der Waals surface area contributed by atoms with Crippen LogP contribution in [0.2, 0.25) is 0 Å². The summed E-state index contributed by atoms with van der Waals surface area (Å²) < 4.78 is 0. The van der Waals surface area contributed by atoms with E-state index in [4.69, 9.17) is 0 Å². The fraction of sp³-hybridized carbons (Fsp3) is 0.818. The molecule has 62 valence electrons. The molecule has 0 heteroatoms. The van der Waals surface area contributed by atoms with Gasteiger partial charge in [-0.3, -0.25) is 0 Å². The lowest BCUT2D eigenvalue weighted by atomic mass is 9.81. The van der Waals surface area contributed by atoms with Crippen LogP contribution in [0.15, 0.2) is 12.7 Å². The van der Waals surface area contributed by atoms with E-state index in [0.717, 1.165) is 23.7 Å². The van der Waals surface area contributed by atoms with Crippen LogP contribution in [0.1, 0.15) is 32.6 Å². The fourth-order valence-corrected chi connectivity index (χ4v) is 3.23. The van der Waals surface area contributed by atoms with E-state index in [-0.39, 0.29) is 0 Å². The Hall–Kier alpha value is -0.260. The number of allylic oxidation sites excluding steroid dienone is 1. The molecule has 0 nitrogen and oxygen atoms in total. The fourth-order valence-electron chi connectivity index (χ4n) is 3.23. The van der Waals surface area contributed by atoms with Gasteiger partial charge in [0.2, 0.25) is 0 Å². The highest BCUT2D eigenvalue weighted by Crippen LogP contribution is 2.52. The third-order valence-corrected chi connectivity index (χ3v) is 3.89. The number of fused-ring (bicyclic) bond motifs is 2. The maximum atomic E-state index is 3.91. The molecule has 0 amide bonds. The molecule has 4 atom stereocenters. The van der Waals surface area contributed by atoms with Crippen molar-refractivity contribution in [1.82, 2.24) is 0 Å². The Bertz CT molecular complexity index is 159. The minimum Gasteiger partial charge on any atom is -0.103 e. The topological polar surface area (TPSA) is 0 Å². The molecule has 2 bridgehead atoms. The molecule has 2 fully saturated rings. The third kappa shape index (κ3) is 1.04. The summed E-state index contributed by atoms with van der Waals surface area (Å²) in [6.45, 7) is 6.25. The summed E-state index contributed by atoms with van der Waals surface area (Å²) >= 11 is 0. The molecule has 0 spiro atoms. The second-order valence-electron chi connectivity index (χ2n) is 4.30. The second kappa shape index (κ2) is 2.66. The van der Waals surface area contributed by atoms with Gasteiger partial charge in [0.1, 0.15) is 0 Å². The van der Waals surface area contributed by atoms with Gasteiger partial charge < -0.3 is 0 Å². The molecule has 11 heavy (non-hydrogen) atoms. The van der Waals surface area contributed by atoms with Crippen molar-refractivity contribution in [2.75, 3.05) is 0 Å². The first kappa shape index (κ1) is 7.39. The highest BCUT2D eigenvalue weighted by atomic mass is 14.5. The van der Waals surface area contributed by atoms with Gasteiger partial charge in [0, 0.05) is 0 Å². The van der Waals surface area contributed by atoms with E-state index >= 15 is 0 Å². The van der Waals surface area contributed by atoms with Crippen LogP contribution in [0.25, 0.3) is 0 Å². The molecule has 0 saturated heterocycles. The smallest absolute Gasteiger partial charge is 0.0205 e. The van der Waals surface area contributed by atoms with Crippen molar-refractivity contribution >= 4 is 0 Å². The monoisotopic (exact) mass is 150 g/mol. The zero-order valence-corrected chi connectivity index (χ0v) is 7.42. The highest BCUT2D eigenvalue weighted by Gasteiger charge is 2.43. The second-order valence-corrected chi connectivity index (χ2v) is 4.30. The molecule has 4 unspecified atom stereocenters. The maximum absolute atomic E-state index is 3.91. The van der Waals surface area contributed by atoms with Crippen molar-refractivity contribution in [2.24, 2.45) is 23.7 Å². The molecule has 0 aromatic carbocycles. The SMILES string of the molecule is C=CC1CC2CC1CC2CC. The van der Waals surface area contributed by atoms with Gasteiger partial charge in [0.25, 0.3) is 0 Å². The molecule has 2 aliphatic carbocycles. The van der Waals surface area contributed by atoms with E-state index in [1.807, 2.05) is 0 Å². The summed E-state index contributed by atoms with van der Waals surface area (Å²) in [6, 6.07) is 0. The third-order valence-electron chi connectivity index (χ3n) is 3.89. The van der Waals surface area contributed by atoms with Crippen LogP contribution in [-0.4, -0.2) is 0 Å². The standard InChI is InChI=1S/C11H18/c1-3-8-5-11-7-10(8)6-9(11)4-2/h3,8-11H,1,4-7H2,2H3. The van der Waals surface area contributed by atoms with Crippen LogP contribution in [-0.2, 0) is 0 Å². The van der Waals surface area contributed by atoms with Gasteiger partial charge in [-0.05, 0) is 42.9 Å². The molecule has 0 N–H and O–H groups in total. The summed E-state index contributed by atoms with van der Waals surface area (Å²) in [5, 5.41) is 0. The Labute approximate surface area is 69.7 Å². The van der Waals surface area contributed by atoms with Gasteiger partial charge in [-0.1, -0.05) is 19.4 Å². The van der Waals surface area contributed by atoms with E-state index in [9.17, 15) is 0 Å². The first-order valence-electron chi connectivity index (χ1n) is 4.97. The van der Waals surface area contributed by atoms with Crippen LogP contribution in [0, 0.1) is 23.7 Å². The van der Waals surface area contributed by atoms with E-state index in [1.165, 1.54) is 25.7 Å². The quantitative estimate of drug-likeness (QED) is 0.530. The maximum Gasteiger partial charge on any atom is -0.0205 e. The first-order valence-corrected chi connectivity index (χ1v) is 4.97. The predicted octanol–water partition coefficient (Wildman–Crippen LogP) is 3.24. The first-order chi connectivity index (χ1) is 5.35. The molecule has 0 heterocycles. The molecule has 0 aliphatic heterocycles. The minimum absolute atomic E-state index is 0.878. The van der Waals surface area contributed by atoms with Crippen LogP contribution < -0.4 is 0 Å². The van der Waals surface area contributed by atoms with E-state index in [2.05, 4.69) is 19.6 Å².